The molecule has 138 valence electrons. The van der Waals surface area contributed by atoms with Crippen molar-refractivity contribution in [1.29, 1.82) is 0 Å². The van der Waals surface area contributed by atoms with Gasteiger partial charge in [0.2, 0.25) is 0 Å². The minimum absolute atomic E-state index is 0.0383. The van der Waals surface area contributed by atoms with E-state index in [1.54, 1.807) is 12.4 Å². The van der Waals surface area contributed by atoms with Gasteiger partial charge in [-0.3, -0.25) is 9.78 Å². The zero-order chi connectivity index (χ0) is 18.7. The SMILES string of the molecule is CC1(CNC(=O)c2cc(-c3ccncc3)nc3ccccc23)CCNCC1. The number of carbonyl (C=O) groups is 1. The number of rotatable bonds is 4. The molecule has 1 amide bonds. The molecule has 0 bridgehead atoms. The van der Waals surface area contributed by atoms with Crippen molar-refractivity contribution in [2.45, 2.75) is 19.8 Å². The summed E-state index contributed by atoms with van der Waals surface area (Å²) in [7, 11) is 0. The molecule has 3 aromatic rings. The summed E-state index contributed by atoms with van der Waals surface area (Å²) in [4.78, 5) is 21.9. The molecule has 5 heteroatoms. The Kier molecular flexibility index (Phi) is 4.86. The first kappa shape index (κ1) is 17.6. The monoisotopic (exact) mass is 360 g/mol. The highest BCUT2D eigenvalue weighted by atomic mass is 16.1. The topological polar surface area (TPSA) is 66.9 Å². The van der Waals surface area contributed by atoms with E-state index < -0.39 is 0 Å². The normalized spacial score (nSPS) is 16.2. The van der Waals surface area contributed by atoms with Crippen LogP contribution in [0.5, 0.6) is 0 Å². The van der Waals surface area contributed by atoms with Gasteiger partial charge in [0, 0.05) is 29.9 Å². The molecule has 0 spiro atoms. The lowest BCUT2D eigenvalue weighted by molar-refractivity contribution is 0.0924. The first-order valence-electron chi connectivity index (χ1n) is 9.44. The number of benzene rings is 1. The number of para-hydroxylation sites is 1. The molecule has 1 aliphatic heterocycles. The Hall–Kier alpha value is -2.79. The molecule has 27 heavy (non-hydrogen) atoms. The predicted molar refractivity (Wildman–Crippen MR) is 108 cm³/mol. The second-order valence-corrected chi connectivity index (χ2v) is 7.55. The average Bonchev–Trinajstić information content (AvgIpc) is 2.72. The lowest BCUT2D eigenvalue weighted by Gasteiger charge is -2.34. The number of carbonyl (C=O) groups excluding carboxylic acids is 1. The maximum Gasteiger partial charge on any atom is 0.252 e. The number of hydrogen-bond donors (Lipinski definition) is 2. The summed E-state index contributed by atoms with van der Waals surface area (Å²) >= 11 is 0. The smallest absolute Gasteiger partial charge is 0.252 e. The Balaban J connectivity index is 1.66. The van der Waals surface area contributed by atoms with Gasteiger partial charge in [-0.2, -0.15) is 0 Å². The number of pyridine rings is 2. The van der Waals surface area contributed by atoms with Gasteiger partial charge in [0.25, 0.3) is 5.91 Å². The van der Waals surface area contributed by atoms with Crippen LogP contribution in [-0.2, 0) is 0 Å². The van der Waals surface area contributed by atoms with Crippen LogP contribution in [0.2, 0.25) is 0 Å². The molecule has 0 atom stereocenters. The van der Waals surface area contributed by atoms with Crippen LogP contribution in [0.15, 0.2) is 54.9 Å². The number of nitrogens with one attached hydrogen (secondary N) is 2. The Morgan fingerprint density at radius 3 is 2.67 bits per heavy atom. The zero-order valence-corrected chi connectivity index (χ0v) is 15.5. The molecule has 5 nitrogen and oxygen atoms in total. The maximum atomic E-state index is 13.1. The van der Waals surface area contributed by atoms with Crippen LogP contribution in [-0.4, -0.2) is 35.5 Å². The van der Waals surface area contributed by atoms with E-state index >= 15 is 0 Å². The summed E-state index contributed by atoms with van der Waals surface area (Å²) in [5.74, 6) is -0.0383. The van der Waals surface area contributed by atoms with Crippen LogP contribution in [0.3, 0.4) is 0 Å². The fourth-order valence-electron chi connectivity index (χ4n) is 3.63. The summed E-state index contributed by atoms with van der Waals surface area (Å²) in [6.07, 6.45) is 5.63. The number of aromatic nitrogens is 2. The van der Waals surface area contributed by atoms with Crippen LogP contribution in [0.1, 0.15) is 30.1 Å². The maximum absolute atomic E-state index is 13.1. The zero-order valence-electron chi connectivity index (χ0n) is 15.5. The van der Waals surface area contributed by atoms with Crippen LogP contribution >= 0.6 is 0 Å². The molecule has 1 saturated heterocycles. The van der Waals surface area contributed by atoms with E-state index in [0.29, 0.717) is 12.1 Å². The van der Waals surface area contributed by atoms with E-state index in [1.165, 1.54) is 0 Å². The summed E-state index contributed by atoms with van der Waals surface area (Å²) in [6, 6.07) is 13.5. The standard InChI is InChI=1S/C22H24N4O/c1-22(8-12-24-13-9-22)15-25-21(27)18-14-20(16-6-10-23-11-7-16)26-19-5-3-2-4-17(18)19/h2-7,10-11,14,24H,8-9,12-13,15H2,1H3,(H,25,27). The summed E-state index contributed by atoms with van der Waals surface area (Å²) in [5, 5.41) is 7.43. The highest BCUT2D eigenvalue weighted by Gasteiger charge is 2.27. The number of hydrogen-bond acceptors (Lipinski definition) is 4. The molecule has 1 aliphatic rings. The van der Waals surface area contributed by atoms with E-state index in [-0.39, 0.29) is 11.3 Å². The molecule has 0 saturated carbocycles. The van der Waals surface area contributed by atoms with Crippen LogP contribution < -0.4 is 10.6 Å². The second-order valence-electron chi connectivity index (χ2n) is 7.55. The van der Waals surface area contributed by atoms with E-state index in [0.717, 1.165) is 48.1 Å². The average molecular weight is 360 g/mol. The third-order valence-electron chi connectivity index (χ3n) is 5.42. The minimum atomic E-state index is -0.0383. The van der Waals surface area contributed by atoms with Crippen molar-refractivity contribution in [3.63, 3.8) is 0 Å². The number of amides is 1. The number of nitrogens with zero attached hydrogens (tertiary/aromatic N) is 2. The Labute approximate surface area is 159 Å². The fourth-order valence-corrected chi connectivity index (χ4v) is 3.63. The molecule has 3 heterocycles. The van der Waals surface area contributed by atoms with Crippen molar-refractivity contribution in [3.8, 4) is 11.3 Å². The van der Waals surface area contributed by atoms with E-state index in [2.05, 4.69) is 22.5 Å². The van der Waals surface area contributed by atoms with Gasteiger partial charge in [-0.05, 0) is 55.6 Å². The van der Waals surface area contributed by atoms with Gasteiger partial charge < -0.3 is 10.6 Å². The van der Waals surface area contributed by atoms with Crippen molar-refractivity contribution in [1.82, 2.24) is 20.6 Å². The molecular formula is C22H24N4O. The van der Waals surface area contributed by atoms with Gasteiger partial charge in [0.05, 0.1) is 16.8 Å². The van der Waals surface area contributed by atoms with Crippen molar-refractivity contribution in [3.05, 3.63) is 60.4 Å². The first-order chi connectivity index (χ1) is 13.1. The molecule has 4 rings (SSSR count). The molecule has 2 aromatic heterocycles. The van der Waals surface area contributed by atoms with Gasteiger partial charge in [0.1, 0.15) is 0 Å². The lowest BCUT2D eigenvalue weighted by atomic mass is 9.81. The van der Waals surface area contributed by atoms with Crippen molar-refractivity contribution in [2.75, 3.05) is 19.6 Å². The van der Waals surface area contributed by atoms with Crippen LogP contribution in [0, 0.1) is 5.41 Å². The third-order valence-corrected chi connectivity index (χ3v) is 5.42. The van der Waals surface area contributed by atoms with Gasteiger partial charge >= 0.3 is 0 Å². The van der Waals surface area contributed by atoms with E-state index in [1.807, 2.05) is 42.5 Å². The fraction of sp³-hybridized carbons (Fsp3) is 0.318. The number of piperidine rings is 1. The van der Waals surface area contributed by atoms with E-state index in [9.17, 15) is 4.79 Å². The minimum Gasteiger partial charge on any atom is -0.351 e. The van der Waals surface area contributed by atoms with Crippen LogP contribution in [0.4, 0.5) is 0 Å². The number of fused-ring (bicyclic) bond motifs is 1. The summed E-state index contributed by atoms with van der Waals surface area (Å²) in [6.45, 7) is 4.96. The molecule has 0 radical (unpaired) electrons. The molecule has 2 N–H and O–H groups in total. The Bertz CT molecular complexity index is 949. The molecular weight excluding hydrogens is 336 g/mol. The summed E-state index contributed by atoms with van der Waals surface area (Å²) in [5.41, 5.74) is 3.39. The molecule has 1 aromatic carbocycles. The molecule has 0 unspecified atom stereocenters. The van der Waals surface area contributed by atoms with Crippen LogP contribution in [0.25, 0.3) is 22.2 Å². The third kappa shape index (κ3) is 3.83. The highest BCUT2D eigenvalue weighted by molar-refractivity contribution is 6.07. The highest BCUT2D eigenvalue weighted by Crippen LogP contribution is 2.28. The molecule has 1 fully saturated rings. The molecule has 0 aliphatic carbocycles. The Morgan fingerprint density at radius 2 is 1.89 bits per heavy atom. The largest absolute Gasteiger partial charge is 0.351 e. The second kappa shape index (κ2) is 7.45. The van der Waals surface area contributed by atoms with E-state index in [4.69, 9.17) is 4.98 Å². The van der Waals surface area contributed by atoms with Gasteiger partial charge in [-0.1, -0.05) is 25.1 Å². The first-order valence-corrected chi connectivity index (χ1v) is 9.44. The van der Waals surface area contributed by atoms with Crippen molar-refractivity contribution in [2.24, 2.45) is 5.41 Å². The lowest BCUT2D eigenvalue weighted by Crippen LogP contribution is -2.42. The predicted octanol–water partition coefficient (Wildman–Crippen LogP) is 3.42. The van der Waals surface area contributed by atoms with Crippen molar-refractivity contribution < 1.29 is 4.79 Å². The van der Waals surface area contributed by atoms with Gasteiger partial charge in [-0.15, -0.1) is 0 Å². The van der Waals surface area contributed by atoms with Crippen molar-refractivity contribution >= 4 is 16.8 Å². The quantitative estimate of drug-likeness (QED) is 0.748. The van der Waals surface area contributed by atoms with Gasteiger partial charge in [0.15, 0.2) is 0 Å². The summed E-state index contributed by atoms with van der Waals surface area (Å²) < 4.78 is 0. The van der Waals surface area contributed by atoms with Gasteiger partial charge in [-0.25, -0.2) is 4.98 Å². The Morgan fingerprint density at radius 1 is 1.15 bits per heavy atom.